The molecule has 1 aromatic carbocycles. The van der Waals surface area contributed by atoms with E-state index in [1.807, 2.05) is 26.0 Å². The minimum Gasteiger partial charge on any atom is -0.348 e. The van der Waals surface area contributed by atoms with Crippen molar-refractivity contribution in [3.05, 3.63) is 58.3 Å². The van der Waals surface area contributed by atoms with Crippen LogP contribution in [0.4, 0.5) is 5.69 Å². The van der Waals surface area contributed by atoms with E-state index in [1.54, 1.807) is 18.2 Å². The zero-order valence-electron chi connectivity index (χ0n) is 13.0. The average molecular weight is 376 g/mol. The summed E-state index contributed by atoms with van der Waals surface area (Å²) in [4.78, 5) is 28.4. The smallest absolute Gasteiger partial charge is 0.270 e. The van der Waals surface area contributed by atoms with Gasteiger partial charge >= 0.3 is 0 Å². The summed E-state index contributed by atoms with van der Waals surface area (Å²) in [7, 11) is 0. The number of benzene rings is 1. The minimum atomic E-state index is -0.289. The third-order valence-electron chi connectivity index (χ3n) is 3.33. The molecule has 0 bridgehead atoms. The fourth-order valence-electron chi connectivity index (χ4n) is 1.87. The lowest BCUT2D eigenvalue weighted by Gasteiger charge is -2.11. The summed E-state index contributed by atoms with van der Waals surface area (Å²) in [5.41, 5.74) is 1.29. The molecule has 2 N–H and O–H groups in total. The molecule has 0 aliphatic carbocycles. The van der Waals surface area contributed by atoms with E-state index < -0.39 is 0 Å². The first-order valence-corrected chi connectivity index (χ1v) is 8.12. The van der Waals surface area contributed by atoms with Crippen molar-refractivity contribution in [2.75, 3.05) is 5.32 Å². The van der Waals surface area contributed by atoms with E-state index in [1.165, 1.54) is 12.3 Å². The lowest BCUT2D eigenvalue weighted by Crippen LogP contribution is -2.32. The second-order valence-corrected chi connectivity index (χ2v) is 6.09. The maximum atomic E-state index is 12.3. The predicted molar refractivity (Wildman–Crippen MR) is 93.6 cm³/mol. The Hall–Kier alpha value is -2.21. The highest BCUT2D eigenvalue weighted by Gasteiger charge is 2.13. The van der Waals surface area contributed by atoms with Crippen molar-refractivity contribution in [3.8, 4) is 0 Å². The molecule has 0 aliphatic rings. The Morgan fingerprint density at radius 3 is 2.70 bits per heavy atom. The van der Waals surface area contributed by atoms with Crippen LogP contribution >= 0.6 is 15.9 Å². The van der Waals surface area contributed by atoms with Gasteiger partial charge in [-0.1, -0.05) is 28.9 Å². The third-order valence-corrected chi connectivity index (χ3v) is 3.82. The van der Waals surface area contributed by atoms with Crippen LogP contribution in [0.1, 0.15) is 41.1 Å². The molecule has 0 spiro atoms. The molecule has 0 aliphatic heterocycles. The molecule has 1 unspecified atom stereocenters. The number of hydrogen-bond acceptors (Lipinski definition) is 3. The Kier molecular flexibility index (Phi) is 5.87. The lowest BCUT2D eigenvalue weighted by atomic mass is 10.2. The summed E-state index contributed by atoms with van der Waals surface area (Å²) in [6.45, 7) is 3.90. The maximum Gasteiger partial charge on any atom is 0.270 e. The molecule has 1 heterocycles. The van der Waals surface area contributed by atoms with Gasteiger partial charge in [0.2, 0.25) is 0 Å². The van der Waals surface area contributed by atoms with E-state index in [4.69, 9.17) is 0 Å². The van der Waals surface area contributed by atoms with Gasteiger partial charge in [-0.3, -0.25) is 14.6 Å². The molecule has 0 fully saturated rings. The van der Waals surface area contributed by atoms with Gasteiger partial charge in [0.1, 0.15) is 5.69 Å². The van der Waals surface area contributed by atoms with Gasteiger partial charge in [0, 0.05) is 28.0 Å². The zero-order chi connectivity index (χ0) is 16.8. The van der Waals surface area contributed by atoms with Crippen LogP contribution in [0.5, 0.6) is 0 Å². The lowest BCUT2D eigenvalue weighted by molar-refractivity contribution is 0.0934. The van der Waals surface area contributed by atoms with Crippen molar-refractivity contribution < 1.29 is 9.59 Å². The molecular weight excluding hydrogens is 358 g/mol. The standard InChI is InChI=1S/C17H18BrN3O2/c1-3-11(2)20-17(23)15-9-12(7-8-19-15)16(22)21-14-6-4-5-13(18)10-14/h4-11H,3H2,1-2H3,(H,20,23)(H,21,22). The molecule has 23 heavy (non-hydrogen) atoms. The van der Waals surface area contributed by atoms with Crippen LogP contribution in [0.3, 0.4) is 0 Å². The largest absolute Gasteiger partial charge is 0.348 e. The fraction of sp³-hybridized carbons (Fsp3) is 0.235. The van der Waals surface area contributed by atoms with Gasteiger partial charge < -0.3 is 10.6 Å². The number of aromatic nitrogens is 1. The topological polar surface area (TPSA) is 71.1 Å². The molecule has 120 valence electrons. The quantitative estimate of drug-likeness (QED) is 0.837. The number of nitrogens with zero attached hydrogens (tertiary/aromatic N) is 1. The van der Waals surface area contributed by atoms with E-state index in [-0.39, 0.29) is 23.6 Å². The summed E-state index contributed by atoms with van der Waals surface area (Å²) in [5.74, 6) is -0.570. The molecule has 2 rings (SSSR count). The van der Waals surface area contributed by atoms with Crippen molar-refractivity contribution in [3.63, 3.8) is 0 Å². The van der Waals surface area contributed by atoms with E-state index in [0.29, 0.717) is 11.3 Å². The first-order valence-electron chi connectivity index (χ1n) is 7.33. The molecule has 0 saturated heterocycles. The molecule has 2 aromatic rings. The number of hydrogen-bond donors (Lipinski definition) is 2. The summed E-state index contributed by atoms with van der Waals surface area (Å²) in [6.07, 6.45) is 2.29. The number of amides is 2. The van der Waals surface area contributed by atoms with Crippen LogP contribution in [0.25, 0.3) is 0 Å². The van der Waals surface area contributed by atoms with Gasteiger partial charge in [0.25, 0.3) is 11.8 Å². The number of anilines is 1. The van der Waals surface area contributed by atoms with Gasteiger partial charge in [0.05, 0.1) is 0 Å². The van der Waals surface area contributed by atoms with Crippen LogP contribution in [-0.2, 0) is 0 Å². The molecular formula is C17H18BrN3O2. The van der Waals surface area contributed by atoms with E-state index in [2.05, 4.69) is 31.5 Å². The SMILES string of the molecule is CCC(C)NC(=O)c1cc(C(=O)Nc2cccc(Br)c2)ccn1. The normalized spacial score (nSPS) is 11.6. The van der Waals surface area contributed by atoms with Gasteiger partial charge in [-0.05, 0) is 43.7 Å². The van der Waals surface area contributed by atoms with Crippen molar-refractivity contribution in [2.24, 2.45) is 0 Å². The minimum absolute atomic E-state index is 0.0588. The first kappa shape index (κ1) is 17.1. The number of pyridine rings is 1. The summed E-state index contributed by atoms with van der Waals surface area (Å²) < 4.78 is 0.874. The molecule has 1 aromatic heterocycles. The Balaban J connectivity index is 2.12. The van der Waals surface area contributed by atoms with Crippen LogP contribution in [0.2, 0.25) is 0 Å². The molecule has 5 nitrogen and oxygen atoms in total. The number of nitrogens with one attached hydrogen (secondary N) is 2. The molecule has 0 saturated carbocycles. The van der Waals surface area contributed by atoms with Crippen LogP contribution in [0, 0.1) is 0 Å². The zero-order valence-corrected chi connectivity index (χ0v) is 14.6. The summed E-state index contributed by atoms with van der Waals surface area (Å²) >= 11 is 3.35. The highest BCUT2D eigenvalue weighted by Crippen LogP contribution is 2.16. The van der Waals surface area contributed by atoms with Crippen molar-refractivity contribution in [1.82, 2.24) is 10.3 Å². The first-order chi connectivity index (χ1) is 11.0. The fourth-order valence-corrected chi connectivity index (χ4v) is 2.26. The predicted octanol–water partition coefficient (Wildman–Crippen LogP) is 3.62. The monoisotopic (exact) mass is 375 g/mol. The van der Waals surface area contributed by atoms with E-state index >= 15 is 0 Å². The summed E-state index contributed by atoms with van der Waals surface area (Å²) in [5, 5.41) is 5.62. The van der Waals surface area contributed by atoms with Crippen molar-refractivity contribution >= 4 is 33.4 Å². The van der Waals surface area contributed by atoms with Crippen LogP contribution in [0.15, 0.2) is 47.1 Å². The van der Waals surface area contributed by atoms with Gasteiger partial charge in [-0.25, -0.2) is 0 Å². The molecule has 2 amide bonds. The number of carbonyl (C=O) groups excluding carboxylic acids is 2. The Labute approximate surface area is 143 Å². The highest BCUT2D eigenvalue weighted by molar-refractivity contribution is 9.10. The van der Waals surface area contributed by atoms with E-state index in [0.717, 1.165) is 10.9 Å². The Bertz CT molecular complexity index is 718. The average Bonchev–Trinajstić information content (AvgIpc) is 2.54. The van der Waals surface area contributed by atoms with Crippen molar-refractivity contribution in [2.45, 2.75) is 26.3 Å². The summed E-state index contributed by atoms with van der Waals surface area (Å²) in [6, 6.07) is 10.4. The van der Waals surface area contributed by atoms with Gasteiger partial charge in [-0.2, -0.15) is 0 Å². The van der Waals surface area contributed by atoms with E-state index in [9.17, 15) is 9.59 Å². The van der Waals surface area contributed by atoms with Gasteiger partial charge in [-0.15, -0.1) is 0 Å². The van der Waals surface area contributed by atoms with Crippen LogP contribution < -0.4 is 10.6 Å². The second-order valence-electron chi connectivity index (χ2n) is 5.18. The second kappa shape index (κ2) is 7.87. The number of halogens is 1. The molecule has 6 heteroatoms. The number of rotatable bonds is 5. The van der Waals surface area contributed by atoms with Gasteiger partial charge in [0.15, 0.2) is 0 Å². The van der Waals surface area contributed by atoms with Crippen LogP contribution in [-0.4, -0.2) is 22.8 Å². The van der Waals surface area contributed by atoms with Crippen molar-refractivity contribution in [1.29, 1.82) is 0 Å². The molecule has 1 atom stereocenters. The molecule has 0 radical (unpaired) electrons. The maximum absolute atomic E-state index is 12.3. The number of carbonyl (C=O) groups is 2. The highest BCUT2D eigenvalue weighted by atomic mass is 79.9. The third kappa shape index (κ3) is 4.89. The Morgan fingerprint density at radius 2 is 2.00 bits per heavy atom. The Morgan fingerprint density at radius 1 is 1.22 bits per heavy atom.